The average Bonchev–Trinajstić information content (AvgIpc) is 3.43. The number of hydrogen-bond acceptors (Lipinski definition) is 5. The van der Waals surface area contributed by atoms with Crippen molar-refractivity contribution in [2.75, 3.05) is 6.54 Å². The number of benzene rings is 1. The van der Waals surface area contributed by atoms with Crippen molar-refractivity contribution in [3.63, 3.8) is 0 Å². The highest BCUT2D eigenvalue weighted by atomic mass is 79.9. The molecule has 3 aromatic rings. The van der Waals surface area contributed by atoms with Crippen LogP contribution in [0.2, 0.25) is 0 Å². The SMILES string of the molecule is C#CCN1C(=O)S/C(=C\c2cn(CC(=O)NCc3ccco3)c3ccc(Br)cc23)C1=O. The molecule has 0 unspecified atom stereocenters. The lowest BCUT2D eigenvalue weighted by Crippen LogP contribution is -2.28. The van der Waals surface area contributed by atoms with Gasteiger partial charge in [0.05, 0.1) is 24.3 Å². The predicted octanol–water partition coefficient (Wildman–Crippen LogP) is 3.98. The Morgan fingerprint density at radius 3 is 2.90 bits per heavy atom. The molecular weight excluding hydrogens is 482 g/mol. The number of thioether (sulfide) groups is 1. The molecule has 0 aliphatic carbocycles. The van der Waals surface area contributed by atoms with E-state index in [2.05, 4.69) is 27.2 Å². The third-order valence-electron chi connectivity index (χ3n) is 4.64. The largest absolute Gasteiger partial charge is 0.467 e. The monoisotopic (exact) mass is 497 g/mol. The molecule has 2 aromatic heterocycles. The van der Waals surface area contributed by atoms with Gasteiger partial charge in [-0.25, -0.2) is 0 Å². The van der Waals surface area contributed by atoms with Crippen molar-refractivity contribution < 1.29 is 18.8 Å². The van der Waals surface area contributed by atoms with Crippen LogP contribution in [0.25, 0.3) is 17.0 Å². The molecule has 0 atom stereocenters. The molecule has 9 heteroatoms. The summed E-state index contributed by atoms with van der Waals surface area (Å²) in [6.45, 7) is 0.322. The Bertz CT molecular complexity index is 1250. The summed E-state index contributed by atoms with van der Waals surface area (Å²) in [5.74, 6) is 2.39. The van der Waals surface area contributed by atoms with Crippen LogP contribution in [0.5, 0.6) is 0 Å². The number of nitrogens with zero attached hydrogens (tertiary/aromatic N) is 2. The van der Waals surface area contributed by atoms with E-state index in [1.165, 1.54) is 0 Å². The Labute approximate surface area is 190 Å². The molecular formula is C22H16BrN3O4S. The summed E-state index contributed by atoms with van der Waals surface area (Å²) in [5, 5.41) is 3.27. The van der Waals surface area contributed by atoms with Gasteiger partial charge < -0.3 is 14.3 Å². The van der Waals surface area contributed by atoms with E-state index in [-0.39, 0.29) is 19.0 Å². The molecule has 3 heterocycles. The number of aromatic nitrogens is 1. The second-order valence-electron chi connectivity index (χ2n) is 6.70. The molecule has 1 aromatic carbocycles. The van der Waals surface area contributed by atoms with Gasteiger partial charge in [0, 0.05) is 27.1 Å². The number of terminal acetylenes is 1. The van der Waals surface area contributed by atoms with Crippen LogP contribution in [0.15, 0.2) is 56.6 Å². The third-order valence-corrected chi connectivity index (χ3v) is 6.04. The van der Waals surface area contributed by atoms with Crippen LogP contribution in [0.4, 0.5) is 4.79 Å². The Morgan fingerprint density at radius 2 is 2.16 bits per heavy atom. The standard InChI is InChI=1S/C22H16BrN3O4S/c1-2-7-26-21(28)19(31-22(26)29)9-14-12-25(18-6-5-15(23)10-17(14)18)13-20(27)24-11-16-4-3-8-30-16/h1,3-6,8-10,12H,7,11,13H2,(H,24,27)/b19-9-. The Hall–Kier alpha value is -3.22. The number of fused-ring (bicyclic) bond motifs is 1. The first-order valence-electron chi connectivity index (χ1n) is 9.22. The number of hydrogen-bond donors (Lipinski definition) is 1. The number of rotatable bonds is 6. The zero-order valence-electron chi connectivity index (χ0n) is 16.1. The fourth-order valence-electron chi connectivity index (χ4n) is 3.22. The summed E-state index contributed by atoms with van der Waals surface area (Å²) in [6.07, 6.45) is 10.3. The second-order valence-corrected chi connectivity index (χ2v) is 8.61. The summed E-state index contributed by atoms with van der Waals surface area (Å²) in [4.78, 5) is 38.4. The van der Waals surface area contributed by atoms with Gasteiger partial charge in [-0.05, 0) is 48.2 Å². The van der Waals surface area contributed by atoms with Crippen molar-refractivity contribution in [2.24, 2.45) is 0 Å². The van der Waals surface area contributed by atoms with Crippen LogP contribution in [-0.2, 0) is 22.7 Å². The molecule has 4 rings (SSSR count). The van der Waals surface area contributed by atoms with Crippen LogP contribution >= 0.6 is 27.7 Å². The quantitative estimate of drug-likeness (QED) is 0.411. The van der Waals surface area contributed by atoms with Crippen molar-refractivity contribution in [2.45, 2.75) is 13.1 Å². The number of nitrogens with one attached hydrogen (secondary N) is 1. The van der Waals surface area contributed by atoms with Gasteiger partial charge in [-0.15, -0.1) is 6.42 Å². The van der Waals surface area contributed by atoms with Crippen LogP contribution in [0, 0.1) is 12.3 Å². The highest BCUT2D eigenvalue weighted by Crippen LogP contribution is 2.34. The van der Waals surface area contributed by atoms with Gasteiger partial charge >= 0.3 is 0 Å². The van der Waals surface area contributed by atoms with Crippen LogP contribution in [0.1, 0.15) is 11.3 Å². The lowest BCUT2D eigenvalue weighted by Gasteiger charge is -2.06. The van der Waals surface area contributed by atoms with E-state index in [9.17, 15) is 14.4 Å². The Kier molecular flexibility index (Phi) is 6.02. The van der Waals surface area contributed by atoms with E-state index < -0.39 is 11.1 Å². The zero-order chi connectivity index (χ0) is 22.0. The van der Waals surface area contributed by atoms with Crippen molar-refractivity contribution in [3.05, 3.63) is 63.5 Å². The number of furan rings is 1. The minimum absolute atomic E-state index is 0.0643. The van der Waals surface area contributed by atoms with E-state index >= 15 is 0 Å². The highest BCUT2D eigenvalue weighted by molar-refractivity contribution is 9.10. The summed E-state index contributed by atoms with van der Waals surface area (Å²) < 4.78 is 7.89. The number of carbonyl (C=O) groups excluding carboxylic acids is 3. The zero-order valence-corrected chi connectivity index (χ0v) is 18.5. The maximum Gasteiger partial charge on any atom is 0.294 e. The number of halogens is 1. The van der Waals surface area contributed by atoms with Crippen LogP contribution in [-0.4, -0.2) is 33.1 Å². The average molecular weight is 498 g/mol. The van der Waals surface area contributed by atoms with Gasteiger partial charge in [-0.2, -0.15) is 0 Å². The molecule has 1 aliphatic rings. The van der Waals surface area contributed by atoms with Gasteiger partial charge in [0.1, 0.15) is 12.3 Å². The first kappa shape index (κ1) is 21.0. The minimum atomic E-state index is -0.417. The number of carbonyl (C=O) groups is 3. The Morgan fingerprint density at radius 1 is 1.32 bits per heavy atom. The van der Waals surface area contributed by atoms with E-state index in [4.69, 9.17) is 10.8 Å². The molecule has 31 heavy (non-hydrogen) atoms. The molecule has 1 aliphatic heterocycles. The van der Waals surface area contributed by atoms with Crippen molar-refractivity contribution in [1.29, 1.82) is 0 Å². The second kappa shape index (κ2) is 8.88. The molecule has 156 valence electrons. The first-order valence-corrected chi connectivity index (χ1v) is 10.8. The topological polar surface area (TPSA) is 84.6 Å². The summed E-state index contributed by atoms with van der Waals surface area (Å²) >= 11 is 4.31. The molecule has 1 fully saturated rings. The third kappa shape index (κ3) is 4.45. The Balaban J connectivity index is 1.62. The van der Waals surface area contributed by atoms with Crippen LogP contribution < -0.4 is 5.32 Å². The summed E-state index contributed by atoms with van der Waals surface area (Å²) in [5.41, 5.74) is 1.55. The van der Waals surface area contributed by atoms with Crippen molar-refractivity contribution in [1.82, 2.24) is 14.8 Å². The smallest absolute Gasteiger partial charge is 0.294 e. The maximum absolute atomic E-state index is 12.5. The van der Waals surface area contributed by atoms with Gasteiger partial charge in [0.15, 0.2) is 0 Å². The number of imide groups is 1. The maximum atomic E-state index is 12.5. The lowest BCUT2D eigenvalue weighted by atomic mass is 10.1. The van der Waals surface area contributed by atoms with Crippen molar-refractivity contribution >= 4 is 61.7 Å². The lowest BCUT2D eigenvalue weighted by molar-refractivity contribution is -0.122. The number of amides is 3. The first-order chi connectivity index (χ1) is 15.0. The normalized spacial score (nSPS) is 15.1. The summed E-state index contributed by atoms with van der Waals surface area (Å²) in [7, 11) is 0. The molecule has 1 N–H and O–H groups in total. The fraction of sp³-hybridized carbons (Fsp3) is 0.136. The molecule has 1 saturated heterocycles. The molecule has 0 bridgehead atoms. The van der Waals surface area contributed by atoms with E-state index in [0.717, 1.165) is 37.6 Å². The van der Waals surface area contributed by atoms with Crippen LogP contribution in [0.3, 0.4) is 0 Å². The van der Waals surface area contributed by atoms with Gasteiger partial charge in [-0.3, -0.25) is 19.3 Å². The highest BCUT2D eigenvalue weighted by Gasteiger charge is 2.34. The minimum Gasteiger partial charge on any atom is -0.467 e. The molecule has 0 spiro atoms. The summed E-state index contributed by atoms with van der Waals surface area (Å²) in [6, 6.07) is 9.22. The van der Waals surface area contributed by atoms with Gasteiger partial charge in [0.2, 0.25) is 5.91 Å². The van der Waals surface area contributed by atoms with Gasteiger partial charge in [-0.1, -0.05) is 21.9 Å². The van der Waals surface area contributed by atoms with E-state index in [0.29, 0.717) is 17.2 Å². The molecule has 0 radical (unpaired) electrons. The molecule has 7 nitrogen and oxygen atoms in total. The molecule has 0 saturated carbocycles. The molecule has 3 amide bonds. The van der Waals surface area contributed by atoms with Crippen molar-refractivity contribution in [3.8, 4) is 12.3 Å². The predicted molar refractivity (Wildman–Crippen MR) is 122 cm³/mol. The fourth-order valence-corrected chi connectivity index (χ4v) is 4.41. The van der Waals surface area contributed by atoms with E-state index in [1.54, 1.807) is 35.2 Å². The van der Waals surface area contributed by atoms with E-state index in [1.807, 2.05) is 18.2 Å². The van der Waals surface area contributed by atoms with Gasteiger partial charge in [0.25, 0.3) is 11.1 Å².